The molecule has 0 saturated carbocycles. The fraction of sp³-hybridized carbons (Fsp3) is 0.769. The monoisotopic (exact) mass is 695 g/mol. The lowest BCUT2D eigenvalue weighted by Crippen LogP contribution is -2.32. The average Bonchev–Trinajstić information content (AvgIpc) is 3.38. The van der Waals surface area contributed by atoms with Gasteiger partial charge in [0.25, 0.3) is 5.92 Å². The lowest BCUT2D eigenvalue weighted by Gasteiger charge is -2.22. The van der Waals surface area contributed by atoms with Crippen molar-refractivity contribution in [3.63, 3.8) is 0 Å². The second-order valence-corrected chi connectivity index (χ2v) is 12.3. The number of nitrogens with zero attached hydrogens (tertiary/aromatic N) is 2. The highest BCUT2D eigenvalue weighted by molar-refractivity contribution is 5.38. The number of ether oxygens (including phenoxy) is 2. The van der Waals surface area contributed by atoms with E-state index in [0.717, 1.165) is 43.5 Å². The minimum Gasteiger partial charge on any atom is -0.406 e. The average molecular weight is 695 g/mol. The summed E-state index contributed by atoms with van der Waals surface area (Å²) in [5.74, 6) is -2.00. The molecule has 284 valence electrons. The smallest absolute Gasteiger partial charge is 0.406 e. The van der Waals surface area contributed by atoms with Crippen LogP contribution < -0.4 is 4.74 Å². The molecule has 2 unspecified atom stereocenters. The predicted molar refractivity (Wildman–Crippen MR) is 195 cm³/mol. The van der Waals surface area contributed by atoms with Crippen molar-refractivity contribution in [2.45, 2.75) is 185 Å². The zero-order valence-corrected chi connectivity index (χ0v) is 32.5. The third-order valence-corrected chi connectivity index (χ3v) is 7.32. The first kappa shape index (κ1) is 50.2. The van der Waals surface area contributed by atoms with Crippen molar-refractivity contribution in [3.05, 3.63) is 41.7 Å². The summed E-state index contributed by atoms with van der Waals surface area (Å²) in [7, 11) is 0. The van der Waals surface area contributed by atoms with Crippen molar-refractivity contribution in [2.75, 3.05) is 6.61 Å². The van der Waals surface area contributed by atoms with Gasteiger partial charge in [-0.05, 0) is 62.9 Å². The van der Waals surface area contributed by atoms with E-state index in [-0.39, 0.29) is 5.75 Å². The van der Waals surface area contributed by atoms with Crippen molar-refractivity contribution >= 4 is 0 Å². The molecule has 2 rings (SSSR count). The molecule has 0 fully saturated rings. The zero-order chi connectivity index (χ0) is 37.6. The summed E-state index contributed by atoms with van der Waals surface area (Å²) in [6.07, 6.45) is 10.1. The van der Waals surface area contributed by atoms with Gasteiger partial charge in [-0.1, -0.05) is 133 Å². The number of aryl methyl sites for hydroxylation is 2. The van der Waals surface area contributed by atoms with E-state index in [4.69, 9.17) is 4.74 Å². The maximum absolute atomic E-state index is 12.8. The summed E-state index contributed by atoms with van der Waals surface area (Å²) < 4.78 is 72.1. The Morgan fingerprint density at radius 1 is 0.708 bits per heavy atom. The molecule has 0 amide bonds. The molecule has 0 spiro atoms. The molecule has 2 aromatic rings. The third-order valence-electron chi connectivity index (χ3n) is 7.32. The van der Waals surface area contributed by atoms with Crippen LogP contribution in [0.3, 0.4) is 0 Å². The highest BCUT2D eigenvalue weighted by Gasteiger charge is 2.33. The van der Waals surface area contributed by atoms with E-state index >= 15 is 0 Å². The molecular formula is C39H71F5N2O2. The highest BCUT2D eigenvalue weighted by Crippen LogP contribution is 2.24. The highest BCUT2D eigenvalue weighted by atomic mass is 19.4. The largest absolute Gasteiger partial charge is 0.573 e. The van der Waals surface area contributed by atoms with Crippen LogP contribution in [0.5, 0.6) is 5.75 Å². The van der Waals surface area contributed by atoms with Crippen molar-refractivity contribution in [1.82, 2.24) is 9.78 Å². The van der Waals surface area contributed by atoms with Crippen molar-refractivity contribution in [3.8, 4) is 11.4 Å². The van der Waals surface area contributed by atoms with E-state index in [1.54, 1.807) is 11.6 Å². The number of hydrogen-bond donors (Lipinski definition) is 0. The van der Waals surface area contributed by atoms with Crippen LogP contribution in [0.15, 0.2) is 30.3 Å². The van der Waals surface area contributed by atoms with Crippen LogP contribution >= 0.6 is 0 Å². The number of aromatic nitrogens is 2. The van der Waals surface area contributed by atoms with E-state index in [2.05, 4.69) is 65.2 Å². The van der Waals surface area contributed by atoms with Gasteiger partial charge in [0, 0.05) is 19.2 Å². The molecule has 0 bridgehead atoms. The molecular weight excluding hydrogens is 623 g/mol. The predicted octanol–water partition coefficient (Wildman–Crippen LogP) is 14.2. The molecule has 48 heavy (non-hydrogen) atoms. The summed E-state index contributed by atoms with van der Waals surface area (Å²) >= 11 is 0. The Balaban J connectivity index is -0.000000593. The van der Waals surface area contributed by atoms with E-state index < -0.39 is 18.4 Å². The second-order valence-electron chi connectivity index (χ2n) is 12.3. The first-order valence-electron chi connectivity index (χ1n) is 18.4. The molecule has 4 nitrogen and oxygen atoms in total. The molecule has 9 heteroatoms. The summed E-state index contributed by atoms with van der Waals surface area (Å²) in [6, 6.07) is 7.47. The molecule has 2 atom stereocenters. The van der Waals surface area contributed by atoms with E-state index in [1.165, 1.54) is 82.1 Å². The minimum absolute atomic E-state index is 0.243. The number of unbranched alkanes of at least 4 members (excludes halogenated alkanes) is 6. The van der Waals surface area contributed by atoms with Gasteiger partial charge < -0.3 is 9.47 Å². The van der Waals surface area contributed by atoms with Gasteiger partial charge in [-0.2, -0.15) is 5.10 Å². The van der Waals surface area contributed by atoms with Gasteiger partial charge in [-0.15, -0.1) is 13.2 Å². The molecule has 0 radical (unpaired) electrons. The molecule has 0 N–H and O–H groups in total. The van der Waals surface area contributed by atoms with Gasteiger partial charge in [0.2, 0.25) is 0 Å². The van der Waals surface area contributed by atoms with Gasteiger partial charge in [-0.3, -0.25) is 0 Å². The van der Waals surface area contributed by atoms with Crippen molar-refractivity contribution in [1.29, 1.82) is 0 Å². The Morgan fingerprint density at radius 3 is 1.56 bits per heavy atom. The number of benzene rings is 1. The Kier molecular flexibility index (Phi) is 32.3. The maximum Gasteiger partial charge on any atom is 0.573 e. The lowest BCUT2D eigenvalue weighted by molar-refractivity contribution is -0.274. The van der Waals surface area contributed by atoms with Crippen molar-refractivity contribution in [2.24, 2.45) is 5.92 Å². The van der Waals surface area contributed by atoms with Crippen molar-refractivity contribution < 1.29 is 31.4 Å². The quantitative estimate of drug-likeness (QED) is 0.130. The Bertz CT molecular complexity index is 949. The third kappa shape index (κ3) is 29.9. The molecule has 0 aliphatic rings. The van der Waals surface area contributed by atoms with Crippen LogP contribution in [-0.4, -0.2) is 34.8 Å². The molecule has 0 aliphatic heterocycles. The minimum atomic E-state index is -4.67. The Hall–Kier alpha value is -2.16. The van der Waals surface area contributed by atoms with E-state index in [9.17, 15) is 22.0 Å². The number of hydrogen-bond acceptors (Lipinski definition) is 3. The number of alkyl halides is 5. The summed E-state index contributed by atoms with van der Waals surface area (Å²) in [5.41, 5.74) is 2.45. The molecule has 0 saturated heterocycles. The first-order valence-corrected chi connectivity index (χ1v) is 18.4. The normalized spacial score (nSPS) is 12.1. The van der Waals surface area contributed by atoms with Crippen LogP contribution in [0.1, 0.15) is 164 Å². The van der Waals surface area contributed by atoms with E-state index in [1.807, 2.05) is 19.9 Å². The van der Waals surface area contributed by atoms with Gasteiger partial charge in [0.1, 0.15) is 11.9 Å². The molecule has 1 aromatic heterocycles. The second kappa shape index (κ2) is 30.9. The van der Waals surface area contributed by atoms with Gasteiger partial charge >= 0.3 is 6.36 Å². The molecule has 1 heterocycles. The van der Waals surface area contributed by atoms with Crippen LogP contribution in [0.25, 0.3) is 5.69 Å². The van der Waals surface area contributed by atoms with Gasteiger partial charge in [-0.25, -0.2) is 13.5 Å². The lowest BCUT2D eigenvalue weighted by atomic mass is 10.0. The number of rotatable bonds is 16. The SMILES string of the molecule is CCCC.CCCC.CCCCCC(C)CC.CCCCCOC(CC)C(C)(F)F.Cc1cc(C)n(-c2ccc(OC(F)(F)F)cc2)n1. The Labute approximate surface area is 291 Å². The zero-order valence-electron chi connectivity index (χ0n) is 32.5. The number of halogens is 5. The van der Waals surface area contributed by atoms with Crippen LogP contribution in [0.4, 0.5) is 22.0 Å². The van der Waals surface area contributed by atoms with Gasteiger partial charge in [0.15, 0.2) is 0 Å². The summed E-state index contributed by atoms with van der Waals surface area (Å²) in [6.45, 7) is 24.5. The summed E-state index contributed by atoms with van der Waals surface area (Å²) in [4.78, 5) is 0. The maximum atomic E-state index is 12.8. The van der Waals surface area contributed by atoms with E-state index in [0.29, 0.717) is 18.7 Å². The molecule has 1 aromatic carbocycles. The topological polar surface area (TPSA) is 36.3 Å². The fourth-order valence-corrected chi connectivity index (χ4v) is 3.83. The summed E-state index contributed by atoms with van der Waals surface area (Å²) in [5, 5.41) is 4.24. The fourth-order valence-electron chi connectivity index (χ4n) is 3.83. The van der Waals surface area contributed by atoms with Crippen LogP contribution in [-0.2, 0) is 4.74 Å². The van der Waals surface area contributed by atoms with Gasteiger partial charge in [0.05, 0.1) is 11.4 Å². The van der Waals surface area contributed by atoms with Crippen LogP contribution in [0, 0.1) is 19.8 Å². The van der Waals surface area contributed by atoms with Crippen LogP contribution in [0.2, 0.25) is 0 Å². The Morgan fingerprint density at radius 2 is 1.21 bits per heavy atom. The standard InChI is InChI=1S/C12H11F3N2O.C10H20F2O.C9H20.2C4H10/c1-8-7-9(2)17(16-8)10-3-5-11(6-4-10)18-12(13,14)15;1-4-6-7-8-13-9(5-2)10(3,11)12;1-4-6-7-8-9(3)5-2;2*1-3-4-2/h3-7H,1-2H3;9H,4-8H2,1-3H3;9H,4-8H2,1-3H3;2*3-4H2,1-2H3. The molecule has 0 aliphatic carbocycles. The first-order chi connectivity index (χ1) is 22.5.